The van der Waals surface area contributed by atoms with Crippen molar-refractivity contribution in [3.63, 3.8) is 0 Å². The monoisotopic (exact) mass is 462 g/mol. The van der Waals surface area contributed by atoms with E-state index in [9.17, 15) is 14.7 Å². The summed E-state index contributed by atoms with van der Waals surface area (Å²) in [5, 5.41) is 17.8. The van der Waals surface area contributed by atoms with Crippen LogP contribution in [0.3, 0.4) is 0 Å². The van der Waals surface area contributed by atoms with E-state index in [4.69, 9.17) is 23.2 Å². The molecule has 1 unspecified atom stereocenters. The SMILES string of the molecule is O=C1Nc2ccccc2C(O)(C(=O)NCCCN2CCCC2)N1c1ccc(Cl)c(Cl)c1. The van der Waals surface area contributed by atoms with Crippen LogP contribution < -0.4 is 15.5 Å². The number of fused-ring (bicyclic) bond motifs is 1. The molecule has 164 valence electrons. The average Bonchev–Trinajstić information content (AvgIpc) is 3.27. The van der Waals surface area contributed by atoms with E-state index in [0.717, 1.165) is 31.0 Å². The zero-order valence-corrected chi connectivity index (χ0v) is 18.4. The molecular weight excluding hydrogens is 439 g/mol. The lowest BCUT2D eigenvalue weighted by molar-refractivity contribution is -0.140. The third-order valence-electron chi connectivity index (χ3n) is 5.68. The molecule has 0 spiro atoms. The number of nitrogens with zero attached hydrogens (tertiary/aromatic N) is 2. The fraction of sp³-hybridized carbons (Fsp3) is 0.364. The number of aliphatic hydroxyl groups is 1. The number of amides is 3. The first-order chi connectivity index (χ1) is 14.9. The first-order valence-electron chi connectivity index (χ1n) is 10.3. The fourth-order valence-electron chi connectivity index (χ4n) is 4.12. The van der Waals surface area contributed by atoms with E-state index < -0.39 is 17.7 Å². The van der Waals surface area contributed by atoms with Gasteiger partial charge >= 0.3 is 6.03 Å². The molecule has 4 rings (SSSR count). The average molecular weight is 463 g/mol. The highest BCUT2D eigenvalue weighted by Gasteiger charge is 2.51. The van der Waals surface area contributed by atoms with E-state index in [1.807, 2.05) is 0 Å². The van der Waals surface area contributed by atoms with Crippen molar-refractivity contribution in [2.45, 2.75) is 25.0 Å². The summed E-state index contributed by atoms with van der Waals surface area (Å²) in [7, 11) is 0. The molecule has 3 amide bonds. The van der Waals surface area contributed by atoms with Gasteiger partial charge in [0.25, 0.3) is 11.6 Å². The van der Waals surface area contributed by atoms with Gasteiger partial charge in [0, 0.05) is 12.1 Å². The Morgan fingerprint density at radius 3 is 2.61 bits per heavy atom. The number of anilines is 2. The number of halogens is 2. The minimum absolute atomic E-state index is 0.208. The van der Waals surface area contributed by atoms with Gasteiger partial charge in [0.1, 0.15) is 0 Å². The van der Waals surface area contributed by atoms with E-state index in [2.05, 4.69) is 15.5 Å². The molecule has 0 aliphatic carbocycles. The van der Waals surface area contributed by atoms with Gasteiger partial charge < -0.3 is 20.6 Å². The zero-order valence-electron chi connectivity index (χ0n) is 16.9. The van der Waals surface area contributed by atoms with Crippen molar-refractivity contribution < 1.29 is 14.7 Å². The number of likely N-dealkylation sites (tertiary alicyclic amines) is 1. The second kappa shape index (κ2) is 9.04. The molecule has 1 atom stereocenters. The Hall–Kier alpha value is -2.32. The smallest absolute Gasteiger partial charge is 0.329 e. The van der Waals surface area contributed by atoms with Crippen molar-refractivity contribution in [3.8, 4) is 0 Å². The Labute approximate surface area is 190 Å². The van der Waals surface area contributed by atoms with Gasteiger partial charge in [-0.1, -0.05) is 41.4 Å². The molecule has 31 heavy (non-hydrogen) atoms. The minimum atomic E-state index is -2.25. The van der Waals surface area contributed by atoms with E-state index >= 15 is 0 Å². The maximum Gasteiger partial charge on any atom is 0.329 e. The molecule has 0 aromatic heterocycles. The fourth-order valence-corrected chi connectivity index (χ4v) is 4.41. The van der Waals surface area contributed by atoms with Gasteiger partial charge in [0.05, 0.1) is 21.4 Å². The van der Waals surface area contributed by atoms with E-state index in [1.165, 1.54) is 31.0 Å². The number of carbonyl (C=O) groups is 2. The van der Waals surface area contributed by atoms with Gasteiger partial charge in [-0.2, -0.15) is 0 Å². The molecule has 2 aliphatic rings. The number of hydrogen-bond donors (Lipinski definition) is 3. The van der Waals surface area contributed by atoms with Gasteiger partial charge in [-0.05, 0) is 63.2 Å². The predicted octanol–water partition coefficient (Wildman–Crippen LogP) is 3.79. The van der Waals surface area contributed by atoms with E-state index in [-0.39, 0.29) is 16.3 Å². The van der Waals surface area contributed by atoms with Crippen LogP contribution in [-0.4, -0.2) is 48.1 Å². The number of urea groups is 1. The molecule has 0 saturated carbocycles. The Kier molecular flexibility index (Phi) is 6.39. The summed E-state index contributed by atoms with van der Waals surface area (Å²) in [6, 6.07) is 10.5. The number of nitrogens with one attached hydrogen (secondary N) is 2. The van der Waals surface area contributed by atoms with Crippen LogP contribution in [0.25, 0.3) is 0 Å². The van der Waals surface area contributed by atoms with Gasteiger partial charge in [-0.25, -0.2) is 4.79 Å². The van der Waals surface area contributed by atoms with Crippen molar-refractivity contribution in [1.29, 1.82) is 0 Å². The molecule has 0 bridgehead atoms. The summed E-state index contributed by atoms with van der Waals surface area (Å²) in [4.78, 5) is 29.6. The highest BCUT2D eigenvalue weighted by atomic mass is 35.5. The van der Waals surface area contributed by atoms with Crippen LogP contribution in [0.15, 0.2) is 42.5 Å². The minimum Gasteiger partial charge on any atom is -0.359 e. The standard InChI is InChI=1S/C22H24Cl2N4O3/c23-17-9-8-15(14-18(17)24)28-21(30)26-19-7-2-1-6-16(19)22(28,31)20(29)25-10-5-13-27-11-3-4-12-27/h1-2,6-9,14,31H,3-5,10-13H2,(H,25,29)(H,26,30). The molecular formula is C22H24Cl2N4O3. The lowest BCUT2D eigenvalue weighted by atomic mass is 9.94. The summed E-state index contributed by atoms with van der Waals surface area (Å²) in [5.74, 6) is -0.678. The van der Waals surface area contributed by atoms with Crippen molar-refractivity contribution in [3.05, 3.63) is 58.1 Å². The summed E-state index contributed by atoms with van der Waals surface area (Å²) in [6.07, 6.45) is 3.16. The summed E-state index contributed by atoms with van der Waals surface area (Å²) in [6.45, 7) is 3.43. The first-order valence-corrected chi connectivity index (χ1v) is 11.1. The third-order valence-corrected chi connectivity index (χ3v) is 6.42. The Morgan fingerprint density at radius 1 is 1.13 bits per heavy atom. The largest absolute Gasteiger partial charge is 0.359 e. The second-order valence-corrected chi connectivity index (χ2v) is 8.55. The molecule has 1 saturated heterocycles. The van der Waals surface area contributed by atoms with Gasteiger partial charge in [0.2, 0.25) is 0 Å². The molecule has 1 fully saturated rings. The number of benzene rings is 2. The van der Waals surface area contributed by atoms with Gasteiger partial charge in [-0.15, -0.1) is 0 Å². The van der Waals surface area contributed by atoms with Crippen molar-refractivity contribution >= 4 is 46.5 Å². The number of carbonyl (C=O) groups excluding carboxylic acids is 2. The van der Waals surface area contributed by atoms with Crippen LogP contribution in [-0.2, 0) is 10.5 Å². The molecule has 0 radical (unpaired) electrons. The Bertz CT molecular complexity index is 996. The molecule has 2 aromatic rings. The Balaban J connectivity index is 1.62. The molecule has 7 nitrogen and oxygen atoms in total. The lowest BCUT2D eigenvalue weighted by Crippen LogP contribution is -2.62. The number of para-hydroxylation sites is 1. The quantitative estimate of drug-likeness (QED) is 0.570. The molecule has 3 N–H and O–H groups in total. The topological polar surface area (TPSA) is 84.9 Å². The maximum absolute atomic E-state index is 13.3. The van der Waals surface area contributed by atoms with Gasteiger partial charge in [0.15, 0.2) is 0 Å². The summed E-state index contributed by atoms with van der Waals surface area (Å²) >= 11 is 12.2. The summed E-state index contributed by atoms with van der Waals surface area (Å²) in [5.41, 5.74) is -1.35. The van der Waals surface area contributed by atoms with Crippen LogP contribution in [0, 0.1) is 0 Å². The van der Waals surface area contributed by atoms with Crippen LogP contribution >= 0.6 is 23.2 Å². The first kappa shape index (κ1) is 21.9. The molecule has 2 heterocycles. The van der Waals surface area contributed by atoms with Crippen LogP contribution in [0.5, 0.6) is 0 Å². The van der Waals surface area contributed by atoms with E-state index in [0.29, 0.717) is 17.3 Å². The van der Waals surface area contributed by atoms with Gasteiger partial charge in [-0.3, -0.25) is 9.69 Å². The van der Waals surface area contributed by atoms with Crippen molar-refractivity contribution in [2.24, 2.45) is 0 Å². The highest BCUT2D eigenvalue weighted by Crippen LogP contribution is 2.41. The maximum atomic E-state index is 13.3. The number of hydrogen-bond acceptors (Lipinski definition) is 4. The Morgan fingerprint density at radius 2 is 1.87 bits per heavy atom. The van der Waals surface area contributed by atoms with Crippen molar-refractivity contribution in [2.75, 3.05) is 36.4 Å². The molecule has 9 heteroatoms. The zero-order chi connectivity index (χ0) is 22.0. The summed E-state index contributed by atoms with van der Waals surface area (Å²) < 4.78 is 0. The molecule has 2 aromatic carbocycles. The van der Waals surface area contributed by atoms with Crippen LogP contribution in [0.2, 0.25) is 10.0 Å². The van der Waals surface area contributed by atoms with Crippen LogP contribution in [0.1, 0.15) is 24.8 Å². The van der Waals surface area contributed by atoms with Crippen molar-refractivity contribution in [1.82, 2.24) is 10.2 Å². The predicted molar refractivity (Wildman–Crippen MR) is 122 cm³/mol. The van der Waals surface area contributed by atoms with E-state index in [1.54, 1.807) is 24.3 Å². The lowest BCUT2D eigenvalue weighted by Gasteiger charge is -2.42. The highest BCUT2D eigenvalue weighted by molar-refractivity contribution is 6.42. The third kappa shape index (κ3) is 4.23. The molecule has 2 aliphatic heterocycles. The van der Waals surface area contributed by atoms with Crippen LogP contribution in [0.4, 0.5) is 16.2 Å². The number of rotatable bonds is 6. The normalized spacial score (nSPS) is 21.0. The second-order valence-electron chi connectivity index (χ2n) is 7.74.